The van der Waals surface area contributed by atoms with Crippen LogP contribution in [0.1, 0.15) is 52.9 Å². The first-order valence-electron chi connectivity index (χ1n) is 9.00. The van der Waals surface area contributed by atoms with E-state index in [9.17, 15) is 9.59 Å². The molecule has 7 heteroatoms. The normalized spacial score (nSPS) is 26.0. The zero-order chi connectivity index (χ0) is 17.6. The largest absolute Gasteiger partial charge is 0.376 e. The molecule has 0 radical (unpaired) electrons. The van der Waals surface area contributed by atoms with E-state index >= 15 is 0 Å². The molecule has 0 aromatic rings. The van der Waals surface area contributed by atoms with Crippen LogP contribution in [-0.4, -0.2) is 53.8 Å². The second-order valence-corrected chi connectivity index (χ2v) is 8.43. The fourth-order valence-electron chi connectivity index (χ4n) is 3.33. The summed E-state index contributed by atoms with van der Waals surface area (Å²) in [5.74, 6) is 1.11. The van der Waals surface area contributed by atoms with Crippen molar-refractivity contribution in [3.05, 3.63) is 0 Å². The third-order valence-electron chi connectivity index (χ3n) is 4.66. The number of rotatable bonds is 10. The molecular weight excluding hydrogens is 326 g/mol. The Hall–Kier alpha value is -0.950. The molecule has 0 aromatic carbocycles. The minimum atomic E-state index is -0.183. The van der Waals surface area contributed by atoms with E-state index < -0.39 is 0 Å². The molecule has 138 valence electrons. The highest BCUT2D eigenvalue weighted by molar-refractivity contribution is 8.00. The van der Waals surface area contributed by atoms with Gasteiger partial charge in [0.1, 0.15) is 0 Å². The summed E-state index contributed by atoms with van der Waals surface area (Å²) in [4.78, 5) is 23.2. The van der Waals surface area contributed by atoms with Gasteiger partial charge in [-0.25, -0.2) is 4.79 Å². The van der Waals surface area contributed by atoms with Gasteiger partial charge in [0, 0.05) is 30.6 Å². The number of urea groups is 1. The predicted octanol–water partition coefficient (Wildman–Crippen LogP) is 2.03. The van der Waals surface area contributed by atoms with E-state index in [2.05, 4.69) is 16.0 Å². The van der Waals surface area contributed by atoms with Crippen LogP contribution in [-0.2, 0) is 9.53 Å². The van der Waals surface area contributed by atoms with Gasteiger partial charge in [0.05, 0.1) is 17.7 Å². The van der Waals surface area contributed by atoms with Gasteiger partial charge < -0.3 is 20.7 Å². The maximum absolute atomic E-state index is 11.9. The summed E-state index contributed by atoms with van der Waals surface area (Å²) in [5, 5.41) is 9.41. The van der Waals surface area contributed by atoms with Crippen LogP contribution < -0.4 is 16.0 Å². The highest BCUT2D eigenvalue weighted by Gasteiger charge is 2.42. The first-order valence-corrected chi connectivity index (χ1v) is 10.1. The fraction of sp³-hybridized carbons (Fsp3) is 0.882. The molecule has 0 spiro atoms. The molecule has 0 aliphatic carbocycles. The van der Waals surface area contributed by atoms with Crippen molar-refractivity contribution in [2.45, 2.75) is 75.8 Å². The Kier molecular flexibility index (Phi) is 7.22. The lowest BCUT2D eigenvalue weighted by Gasteiger charge is -2.24. The standard InChI is InChI=1S/C17H31N3O3S/c1-4-23-17(2,3)9-10-18-14(21)8-6-5-7-13-15-12(11-24-13)19-16(22)20-15/h12-13,15H,4-11H2,1-3H3,(H,18,21)(H2,19,20,22). The molecule has 0 aromatic heterocycles. The van der Waals surface area contributed by atoms with Crippen molar-refractivity contribution in [1.82, 2.24) is 16.0 Å². The Bertz CT molecular complexity index is 445. The highest BCUT2D eigenvalue weighted by atomic mass is 32.2. The molecule has 3 unspecified atom stereocenters. The lowest BCUT2D eigenvalue weighted by Crippen LogP contribution is -2.36. The predicted molar refractivity (Wildman–Crippen MR) is 97.3 cm³/mol. The molecule has 3 N–H and O–H groups in total. The Morgan fingerprint density at radius 2 is 2.17 bits per heavy atom. The molecular formula is C17H31N3O3S. The van der Waals surface area contributed by atoms with Crippen molar-refractivity contribution in [1.29, 1.82) is 0 Å². The number of thioether (sulfide) groups is 1. The van der Waals surface area contributed by atoms with Crippen LogP contribution in [0.2, 0.25) is 0 Å². The van der Waals surface area contributed by atoms with E-state index in [1.54, 1.807) is 0 Å². The van der Waals surface area contributed by atoms with Crippen LogP contribution in [0.15, 0.2) is 0 Å². The molecule has 2 rings (SSSR count). The number of ether oxygens (including phenoxy) is 1. The number of hydrogen-bond acceptors (Lipinski definition) is 4. The van der Waals surface area contributed by atoms with Crippen molar-refractivity contribution in [3.8, 4) is 0 Å². The van der Waals surface area contributed by atoms with Crippen LogP contribution >= 0.6 is 11.8 Å². The van der Waals surface area contributed by atoms with Gasteiger partial charge in [-0.15, -0.1) is 0 Å². The molecule has 0 bridgehead atoms. The summed E-state index contributed by atoms with van der Waals surface area (Å²) >= 11 is 1.92. The van der Waals surface area contributed by atoms with E-state index in [0.29, 0.717) is 24.8 Å². The average Bonchev–Trinajstić information content (AvgIpc) is 3.03. The van der Waals surface area contributed by atoms with Gasteiger partial charge in [-0.3, -0.25) is 4.79 Å². The fourth-order valence-corrected chi connectivity index (χ4v) is 4.87. The first-order chi connectivity index (χ1) is 11.4. The van der Waals surface area contributed by atoms with Crippen LogP contribution in [0, 0.1) is 0 Å². The zero-order valence-corrected chi connectivity index (χ0v) is 15.8. The van der Waals surface area contributed by atoms with Crippen molar-refractivity contribution in [2.75, 3.05) is 18.9 Å². The Balaban J connectivity index is 1.53. The third-order valence-corrected chi connectivity index (χ3v) is 6.17. The second-order valence-electron chi connectivity index (χ2n) is 7.16. The number of carbonyl (C=O) groups excluding carboxylic acids is 2. The van der Waals surface area contributed by atoms with Gasteiger partial charge in [0.25, 0.3) is 0 Å². The van der Waals surface area contributed by atoms with Crippen molar-refractivity contribution in [2.24, 2.45) is 0 Å². The highest BCUT2D eigenvalue weighted by Crippen LogP contribution is 2.33. The quantitative estimate of drug-likeness (QED) is 0.413. The van der Waals surface area contributed by atoms with Crippen molar-refractivity contribution < 1.29 is 14.3 Å². The number of fused-ring (bicyclic) bond motifs is 1. The van der Waals surface area contributed by atoms with Gasteiger partial charge in [0.15, 0.2) is 0 Å². The topological polar surface area (TPSA) is 79.5 Å². The maximum Gasteiger partial charge on any atom is 0.315 e. The van der Waals surface area contributed by atoms with Crippen LogP contribution in [0.5, 0.6) is 0 Å². The van der Waals surface area contributed by atoms with E-state index in [-0.39, 0.29) is 29.6 Å². The molecule has 2 heterocycles. The minimum absolute atomic E-state index is 0.0374. The summed E-state index contributed by atoms with van der Waals surface area (Å²) in [5.41, 5.74) is -0.183. The van der Waals surface area contributed by atoms with Crippen molar-refractivity contribution in [3.63, 3.8) is 0 Å². The number of amides is 3. The van der Waals surface area contributed by atoms with E-state index in [4.69, 9.17) is 4.74 Å². The monoisotopic (exact) mass is 357 g/mol. The maximum atomic E-state index is 11.9. The van der Waals surface area contributed by atoms with Gasteiger partial charge in [-0.2, -0.15) is 11.8 Å². The van der Waals surface area contributed by atoms with Gasteiger partial charge in [-0.05, 0) is 40.0 Å². The molecule has 0 saturated carbocycles. The van der Waals surface area contributed by atoms with E-state index in [0.717, 1.165) is 31.4 Å². The number of hydrogen-bond donors (Lipinski definition) is 3. The SMILES string of the molecule is CCOC(C)(C)CCNC(=O)CCCCC1SCC2NC(=O)NC21. The van der Waals surface area contributed by atoms with Crippen LogP contribution in [0.4, 0.5) is 4.79 Å². The summed E-state index contributed by atoms with van der Waals surface area (Å²) < 4.78 is 5.62. The molecule has 3 amide bonds. The smallest absolute Gasteiger partial charge is 0.315 e. The molecule has 2 aliphatic rings. The van der Waals surface area contributed by atoms with Gasteiger partial charge in [0.2, 0.25) is 5.91 Å². The average molecular weight is 358 g/mol. The molecule has 2 saturated heterocycles. The summed E-state index contributed by atoms with van der Waals surface area (Å²) in [6.07, 6.45) is 4.37. The molecule has 3 atom stereocenters. The van der Waals surface area contributed by atoms with Crippen molar-refractivity contribution >= 4 is 23.7 Å². The lowest BCUT2D eigenvalue weighted by molar-refractivity contribution is -0.121. The number of unbranched alkanes of at least 4 members (excludes halogenated alkanes) is 1. The Morgan fingerprint density at radius 1 is 1.38 bits per heavy atom. The van der Waals surface area contributed by atoms with E-state index in [1.807, 2.05) is 32.5 Å². The molecule has 2 fully saturated rings. The summed E-state index contributed by atoms with van der Waals surface area (Å²) in [7, 11) is 0. The van der Waals surface area contributed by atoms with Crippen LogP contribution in [0.25, 0.3) is 0 Å². The number of carbonyl (C=O) groups is 2. The second kappa shape index (κ2) is 8.94. The van der Waals surface area contributed by atoms with Gasteiger partial charge >= 0.3 is 6.03 Å². The molecule has 6 nitrogen and oxygen atoms in total. The molecule has 2 aliphatic heterocycles. The minimum Gasteiger partial charge on any atom is -0.376 e. The van der Waals surface area contributed by atoms with E-state index in [1.165, 1.54) is 0 Å². The summed E-state index contributed by atoms with van der Waals surface area (Å²) in [6.45, 7) is 7.43. The lowest BCUT2D eigenvalue weighted by atomic mass is 10.0. The summed E-state index contributed by atoms with van der Waals surface area (Å²) in [6, 6.07) is 0.506. The number of nitrogens with one attached hydrogen (secondary N) is 3. The third kappa shape index (κ3) is 5.84. The zero-order valence-electron chi connectivity index (χ0n) is 15.0. The Labute approximate surface area is 149 Å². The molecule has 24 heavy (non-hydrogen) atoms. The first kappa shape index (κ1) is 19.4. The van der Waals surface area contributed by atoms with Crippen LogP contribution in [0.3, 0.4) is 0 Å². The van der Waals surface area contributed by atoms with Gasteiger partial charge in [-0.1, -0.05) is 6.42 Å². The Morgan fingerprint density at radius 3 is 2.92 bits per heavy atom.